The minimum Gasteiger partial charge on any atom is -0.508 e. The number of primary amides is 1. The number of benzene rings is 1. The summed E-state index contributed by atoms with van der Waals surface area (Å²) in [5.74, 6) is -5.60. The number of rotatable bonds is 68. The molecule has 0 aliphatic carbocycles. The van der Waals surface area contributed by atoms with E-state index in [9.17, 15) is 71.4 Å². The summed E-state index contributed by atoms with van der Waals surface area (Å²) in [7, 11) is -2.21. The van der Waals surface area contributed by atoms with Crippen molar-refractivity contribution >= 4 is 80.4 Å². The van der Waals surface area contributed by atoms with E-state index in [1.165, 1.54) is 19.1 Å². The van der Waals surface area contributed by atoms with E-state index in [0.29, 0.717) is 82.7 Å². The lowest BCUT2D eigenvalue weighted by molar-refractivity contribution is -0.142. The minimum absolute atomic E-state index is 0.0177. The van der Waals surface area contributed by atoms with E-state index in [0.717, 1.165) is 70.6 Å². The number of phenolic OH excluding ortho intramolecular Hbond substituents is 1. The largest absolute Gasteiger partial charge is 0.508 e. The number of Topliss-reactive ketones (excluding diaryl/α,β-unsaturated/α-hetero) is 5. The number of aliphatic carboxylic acids is 1. The van der Waals surface area contributed by atoms with E-state index in [1.54, 1.807) is 24.1 Å². The minimum atomic E-state index is -3.87. The van der Waals surface area contributed by atoms with E-state index in [4.69, 9.17) is 40.4 Å². The summed E-state index contributed by atoms with van der Waals surface area (Å²) >= 11 is 0. The van der Waals surface area contributed by atoms with Gasteiger partial charge >= 0.3 is 5.97 Å². The van der Waals surface area contributed by atoms with Gasteiger partial charge in [-0.25, -0.2) is 4.79 Å². The van der Waals surface area contributed by atoms with Gasteiger partial charge in [0.15, 0.2) is 23.1 Å². The van der Waals surface area contributed by atoms with Crippen LogP contribution in [-0.2, 0) is 88.2 Å². The van der Waals surface area contributed by atoms with Crippen molar-refractivity contribution in [2.24, 2.45) is 23.3 Å². The quantitative estimate of drug-likeness (QED) is 0.0170. The predicted molar refractivity (Wildman–Crippen MR) is 381 cm³/mol. The number of nitrogens with one attached hydrogen (secondary N) is 6. The van der Waals surface area contributed by atoms with Crippen molar-refractivity contribution in [3.8, 4) is 5.75 Å². The molecule has 0 aromatic heterocycles. The molecule has 101 heavy (non-hydrogen) atoms. The molecule has 0 aliphatic rings. The van der Waals surface area contributed by atoms with Gasteiger partial charge in [0, 0.05) is 70.6 Å². The molecule has 1 aromatic rings. The average Bonchev–Trinajstić information content (AvgIpc) is 0.869. The fourth-order valence-electron chi connectivity index (χ4n) is 11.0. The van der Waals surface area contributed by atoms with Gasteiger partial charge in [-0.15, -0.1) is 0 Å². The smallest absolute Gasteiger partial charge is 0.326 e. The van der Waals surface area contributed by atoms with E-state index in [-0.39, 0.29) is 188 Å². The van der Waals surface area contributed by atoms with Crippen LogP contribution in [0.2, 0.25) is 0 Å². The molecule has 0 spiro atoms. The number of amides is 5. The van der Waals surface area contributed by atoms with Crippen LogP contribution in [0, 0.1) is 17.2 Å². The topological polar surface area (TPSA) is 459 Å². The molecule has 29 nitrogen and oxygen atoms in total. The van der Waals surface area contributed by atoms with Crippen molar-refractivity contribution in [2.45, 2.75) is 238 Å². The number of aromatic hydroxyl groups is 1. The van der Waals surface area contributed by atoms with E-state index in [1.807, 2.05) is 13.8 Å². The van der Waals surface area contributed by atoms with Crippen LogP contribution in [-0.4, -0.2) is 214 Å². The predicted octanol–water partition coefficient (Wildman–Crippen LogP) is 5.31. The van der Waals surface area contributed by atoms with Crippen molar-refractivity contribution in [3.63, 3.8) is 0 Å². The number of carboxylic acids is 1. The van der Waals surface area contributed by atoms with Crippen molar-refractivity contribution in [1.29, 1.82) is 5.41 Å². The maximum absolute atomic E-state index is 14.0. The highest BCUT2D eigenvalue weighted by Crippen LogP contribution is 2.21. The standard InChI is InChI=1S/C71H121N9O20S/c1-52(2)45-58(84)48-77-60(64(86)49-80(4)62(25-17-18-26-65(72)73)63(85)47-55(70(74)91)46-54-28-30-56(82)31-29-54)24-19-20-36-75-69(90)51-100-43-40-97-38-22-23-57(83)50-99-42-41-98-39-37-76-66(87)34-33-61(71(92)93)79-68(89)35-32-59(53(3)81)78-67(88)27-16-14-12-10-8-6-5-7-9-11-13-15-21-44-101(94,95)96/h28-31,52,55,59-62,77,82H,5-27,32-51H2,1-4H3,(H3,72,73)(H2,74,91)(H,75,90)(H,76,87)(H,78,88)(H,79,89)(H,92,93)(H,94,95,96)/t55-,59+,60+,61+,62+/m1/s1. The summed E-state index contributed by atoms with van der Waals surface area (Å²) in [6.07, 6.45) is 16.1. The number of hydrogen-bond acceptors (Lipinski definition) is 21. The number of carbonyl (C=O) groups is 11. The van der Waals surface area contributed by atoms with Gasteiger partial charge in [0.2, 0.25) is 29.5 Å². The molecule has 0 aliphatic heterocycles. The second-order valence-electron chi connectivity index (χ2n) is 26.4. The fraction of sp³-hybridized carbons (Fsp3) is 0.746. The molecule has 0 heterocycles. The first kappa shape index (κ1) is 92.3. The molecule has 0 saturated heterocycles. The van der Waals surface area contributed by atoms with Crippen molar-refractivity contribution < 1.29 is 94.9 Å². The second-order valence-corrected chi connectivity index (χ2v) is 28.0. The average molecular weight is 1450 g/mol. The molecule has 0 radical (unpaired) electrons. The molecular formula is C71H121N9O20S. The van der Waals surface area contributed by atoms with Gasteiger partial charge in [-0.1, -0.05) is 103 Å². The molecule has 576 valence electrons. The SMILES string of the molecule is CC(=O)[C@H](CCC(=O)N[C@@H](CCC(=O)NCCOCCOCC(=O)CCCOCCOCC(=O)NCCCC[C@H](NCC(=O)CC(C)C)C(=O)CN(C)[C@@H](CCCCC(=N)N)C(=O)C[C@@H](Cc1ccc(O)cc1)C(N)=O)C(=O)O)NC(=O)CCCCCCCCCCCCCCCS(=O)(=O)O. The lowest BCUT2D eigenvalue weighted by Crippen LogP contribution is -2.48. The molecule has 0 unspecified atom stereocenters. The molecule has 13 N–H and O–H groups in total. The van der Waals surface area contributed by atoms with Gasteiger partial charge in [-0.3, -0.25) is 62.8 Å². The van der Waals surface area contributed by atoms with Gasteiger partial charge < -0.3 is 67.2 Å². The second kappa shape index (κ2) is 56.8. The van der Waals surface area contributed by atoms with Crippen molar-refractivity contribution in [3.05, 3.63) is 29.8 Å². The Bertz CT molecular complexity index is 2740. The Morgan fingerprint density at radius 2 is 1.08 bits per heavy atom. The summed E-state index contributed by atoms with van der Waals surface area (Å²) in [5.41, 5.74) is 12.0. The van der Waals surface area contributed by atoms with Gasteiger partial charge in [-0.05, 0) is 108 Å². The molecule has 1 aromatic carbocycles. The number of nitrogens with two attached hydrogens (primary N) is 2. The third kappa shape index (κ3) is 52.0. The van der Waals surface area contributed by atoms with E-state index >= 15 is 0 Å². The highest BCUT2D eigenvalue weighted by molar-refractivity contribution is 7.85. The third-order valence-corrected chi connectivity index (χ3v) is 17.5. The zero-order valence-electron chi connectivity index (χ0n) is 60.5. The lowest BCUT2D eigenvalue weighted by Gasteiger charge is -2.29. The van der Waals surface area contributed by atoms with Gasteiger partial charge in [0.25, 0.3) is 10.1 Å². The van der Waals surface area contributed by atoms with Crippen LogP contribution >= 0.6 is 0 Å². The first-order valence-electron chi connectivity index (χ1n) is 36.1. The maximum atomic E-state index is 14.0. The summed E-state index contributed by atoms with van der Waals surface area (Å²) in [6, 6.07) is 2.52. The number of ether oxygens (including phenoxy) is 4. The zero-order valence-corrected chi connectivity index (χ0v) is 61.3. The highest BCUT2D eigenvalue weighted by Gasteiger charge is 2.31. The molecular weight excluding hydrogens is 1330 g/mol. The number of unbranched alkanes of at least 4 members (excludes halogenated alkanes) is 14. The summed E-state index contributed by atoms with van der Waals surface area (Å²) in [5, 5.41) is 40.6. The van der Waals surface area contributed by atoms with E-state index in [2.05, 4.69) is 26.6 Å². The number of amidine groups is 1. The van der Waals surface area contributed by atoms with Crippen LogP contribution in [0.4, 0.5) is 0 Å². The van der Waals surface area contributed by atoms with Gasteiger partial charge in [0.05, 0.1) is 75.8 Å². The summed E-state index contributed by atoms with van der Waals surface area (Å²) < 4.78 is 52.1. The van der Waals surface area contributed by atoms with Crippen LogP contribution in [0.25, 0.3) is 0 Å². The van der Waals surface area contributed by atoms with E-state index < -0.39 is 63.9 Å². The summed E-state index contributed by atoms with van der Waals surface area (Å²) in [4.78, 5) is 142. The zero-order chi connectivity index (χ0) is 75.2. The van der Waals surface area contributed by atoms with Crippen LogP contribution < -0.4 is 38.1 Å². The Labute approximate surface area is 597 Å². The Hall–Kier alpha value is -6.67. The Morgan fingerprint density at radius 3 is 1.67 bits per heavy atom. The first-order valence-corrected chi connectivity index (χ1v) is 37.7. The van der Waals surface area contributed by atoms with Gasteiger partial charge in [0.1, 0.15) is 30.8 Å². The number of carboxylic acid groups (broad SMARTS) is 1. The number of nitrogens with zero attached hydrogens (tertiary/aromatic N) is 1. The Kier molecular flexibility index (Phi) is 52.0. The molecule has 5 atom stereocenters. The first-order chi connectivity index (χ1) is 48.1. The summed E-state index contributed by atoms with van der Waals surface area (Å²) in [6.45, 7) is 6.06. The van der Waals surface area contributed by atoms with Gasteiger partial charge in [-0.2, -0.15) is 8.42 Å². The van der Waals surface area contributed by atoms with Crippen LogP contribution in [0.3, 0.4) is 0 Å². The third-order valence-electron chi connectivity index (χ3n) is 16.7. The number of carbonyl (C=O) groups excluding carboxylic acids is 10. The normalized spacial score (nSPS) is 13.0. The molecule has 0 saturated carbocycles. The fourth-order valence-corrected chi connectivity index (χ4v) is 11.6. The van der Waals surface area contributed by atoms with Crippen LogP contribution in [0.5, 0.6) is 5.75 Å². The molecule has 0 fully saturated rings. The number of likely N-dealkylation sites (N-methyl/N-ethyl adjacent to an activating group) is 1. The molecule has 5 amide bonds. The highest BCUT2D eigenvalue weighted by atomic mass is 32.2. The van der Waals surface area contributed by atoms with Crippen molar-refractivity contribution in [1.82, 2.24) is 31.5 Å². The molecule has 0 bridgehead atoms. The Balaban J connectivity index is 2.29. The number of phenols is 1. The number of ketones is 5. The lowest BCUT2D eigenvalue weighted by atomic mass is 9.89. The maximum Gasteiger partial charge on any atom is 0.326 e. The molecule has 30 heteroatoms. The van der Waals surface area contributed by atoms with Crippen LogP contribution in [0.15, 0.2) is 24.3 Å². The van der Waals surface area contributed by atoms with Crippen LogP contribution in [0.1, 0.15) is 213 Å². The van der Waals surface area contributed by atoms with Crippen molar-refractivity contribution in [2.75, 3.05) is 91.8 Å². The number of hydrogen-bond donors (Lipinski definition) is 11. The monoisotopic (exact) mass is 1450 g/mol. The molecule has 1 rings (SSSR count). The Morgan fingerprint density at radius 1 is 0.545 bits per heavy atom.